The van der Waals surface area contributed by atoms with E-state index in [4.69, 9.17) is 0 Å². The number of amides is 1. The highest BCUT2D eigenvalue weighted by atomic mass is 16.2. The first kappa shape index (κ1) is 16.9. The minimum atomic E-state index is -0.537. The van der Waals surface area contributed by atoms with Gasteiger partial charge >= 0.3 is 5.69 Å². The van der Waals surface area contributed by atoms with Crippen molar-refractivity contribution >= 4 is 5.91 Å². The van der Waals surface area contributed by atoms with Crippen LogP contribution in [0.5, 0.6) is 0 Å². The second-order valence-corrected chi connectivity index (χ2v) is 6.81. The molecule has 0 spiro atoms. The molecule has 0 bridgehead atoms. The Kier molecular flexibility index (Phi) is 4.86. The summed E-state index contributed by atoms with van der Waals surface area (Å²) in [6.07, 6.45) is 1.02. The molecule has 0 radical (unpaired) electrons. The van der Waals surface area contributed by atoms with Crippen molar-refractivity contribution < 1.29 is 4.79 Å². The van der Waals surface area contributed by atoms with Crippen LogP contribution in [-0.2, 0) is 11.2 Å². The molecule has 2 fully saturated rings. The molecule has 1 aromatic heterocycles. The molecule has 1 aromatic rings. The van der Waals surface area contributed by atoms with Crippen LogP contribution in [-0.4, -0.2) is 82.9 Å². The zero-order chi connectivity index (χ0) is 17.3. The van der Waals surface area contributed by atoms with Gasteiger partial charge in [0.1, 0.15) is 0 Å². The standard InChI is InChI=1S/C16H25N5O3/c1-11-13(15(23)18-16(24)17-11)9-14(22)21-4-3-12(10-21)20-7-5-19(2)6-8-20/h12H,3-10H2,1-2H3,(H2,17,18,23,24)/t12-/m0/s1. The predicted molar refractivity (Wildman–Crippen MR) is 90.2 cm³/mol. The van der Waals surface area contributed by atoms with Crippen LogP contribution in [0, 0.1) is 6.92 Å². The highest BCUT2D eigenvalue weighted by Gasteiger charge is 2.31. The smallest absolute Gasteiger partial charge is 0.325 e. The van der Waals surface area contributed by atoms with Crippen molar-refractivity contribution in [3.63, 3.8) is 0 Å². The summed E-state index contributed by atoms with van der Waals surface area (Å²) in [5.74, 6) is -0.0488. The molecule has 0 aromatic carbocycles. The minimum Gasteiger partial charge on any atom is -0.341 e. The number of hydrogen-bond donors (Lipinski definition) is 2. The van der Waals surface area contributed by atoms with Crippen LogP contribution in [0.4, 0.5) is 0 Å². The van der Waals surface area contributed by atoms with Gasteiger partial charge in [0.2, 0.25) is 5.91 Å². The van der Waals surface area contributed by atoms with Gasteiger partial charge in [-0.25, -0.2) is 4.79 Å². The number of piperazine rings is 1. The Labute approximate surface area is 140 Å². The number of rotatable bonds is 3. The summed E-state index contributed by atoms with van der Waals surface area (Å²) >= 11 is 0. The van der Waals surface area contributed by atoms with Crippen molar-refractivity contribution in [3.8, 4) is 0 Å². The number of H-pyrrole nitrogens is 2. The maximum absolute atomic E-state index is 12.5. The largest absolute Gasteiger partial charge is 0.341 e. The molecular formula is C16H25N5O3. The molecule has 2 N–H and O–H groups in total. The lowest BCUT2D eigenvalue weighted by Crippen LogP contribution is -2.50. The Balaban J connectivity index is 1.61. The molecule has 3 rings (SSSR count). The van der Waals surface area contributed by atoms with Crippen LogP contribution >= 0.6 is 0 Å². The normalized spacial score (nSPS) is 22.9. The second-order valence-electron chi connectivity index (χ2n) is 6.81. The third kappa shape index (κ3) is 3.59. The fourth-order valence-electron chi connectivity index (χ4n) is 3.56. The van der Waals surface area contributed by atoms with Crippen LogP contribution in [0.25, 0.3) is 0 Å². The van der Waals surface area contributed by atoms with Gasteiger partial charge in [-0.2, -0.15) is 0 Å². The molecular weight excluding hydrogens is 310 g/mol. The minimum absolute atomic E-state index is 0.0351. The summed E-state index contributed by atoms with van der Waals surface area (Å²) in [6, 6.07) is 0.414. The predicted octanol–water partition coefficient (Wildman–Crippen LogP) is -1.24. The van der Waals surface area contributed by atoms with Gasteiger partial charge in [-0.1, -0.05) is 0 Å². The van der Waals surface area contributed by atoms with E-state index in [0.717, 1.165) is 45.7 Å². The molecule has 132 valence electrons. The quantitative estimate of drug-likeness (QED) is 0.721. The molecule has 0 saturated carbocycles. The van der Waals surface area contributed by atoms with Crippen LogP contribution in [0.1, 0.15) is 17.7 Å². The topological polar surface area (TPSA) is 92.5 Å². The van der Waals surface area contributed by atoms with Crippen LogP contribution in [0.3, 0.4) is 0 Å². The molecule has 1 atom stereocenters. The highest BCUT2D eigenvalue weighted by Crippen LogP contribution is 2.18. The van der Waals surface area contributed by atoms with Gasteiger partial charge < -0.3 is 14.8 Å². The lowest BCUT2D eigenvalue weighted by Gasteiger charge is -2.36. The number of aryl methyl sites for hydroxylation is 1. The van der Waals surface area contributed by atoms with Crippen molar-refractivity contribution in [1.29, 1.82) is 0 Å². The molecule has 2 aliphatic heterocycles. The SMILES string of the molecule is Cc1[nH]c(=O)[nH]c(=O)c1CC(=O)N1CC[C@H](N2CCN(C)CC2)C1. The maximum Gasteiger partial charge on any atom is 0.325 e. The van der Waals surface area contributed by atoms with Crippen molar-refractivity contribution in [3.05, 3.63) is 32.1 Å². The first-order chi connectivity index (χ1) is 11.4. The van der Waals surface area contributed by atoms with E-state index in [2.05, 4.69) is 26.8 Å². The molecule has 8 heteroatoms. The third-order valence-electron chi connectivity index (χ3n) is 5.15. The number of aromatic amines is 2. The zero-order valence-corrected chi connectivity index (χ0v) is 14.3. The summed E-state index contributed by atoms with van der Waals surface area (Å²) < 4.78 is 0. The molecule has 24 heavy (non-hydrogen) atoms. The first-order valence-electron chi connectivity index (χ1n) is 8.46. The van der Waals surface area contributed by atoms with E-state index in [1.54, 1.807) is 6.92 Å². The molecule has 2 saturated heterocycles. The second kappa shape index (κ2) is 6.90. The maximum atomic E-state index is 12.5. The molecule has 2 aliphatic rings. The fourth-order valence-corrected chi connectivity index (χ4v) is 3.56. The number of aromatic nitrogens is 2. The van der Waals surface area contributed by atoms with Crippen LogP contribution in [0.2, 0.25) is 0 Å². The Morgan fingerprint density at radius 3 is 2.50 bits per heavy atom. The fraction of sp³-hybridized carbons (Fsp3) is 0.688. The van der Waals surface area contributed by atoms with Crippen molar-refractivity contribution in [1.82, 2.24) is 24.7 Å². The average Bonchev–Trinajstić information content (AvgIpc) is 3.01. The lowest BCUT2D eigenvalue weighted by atomic mass is 10.1. The number of carbonyl (C=O) groups excluding carboxylic acids is 1. The van der Waals surface area contributed by atoms with E-state index in [9.17, 15) is 14.4 Å². The lowest BCUT2D eigenvalue weighted by molar-refractivity contribution is -0.129. The van der Waals surface area contributed by atoms with Crippen molar-refractivity contribution in [2.24, 2.45) is 0 Å². The zero-order valence-electron chi connectivity index (χ0n) is 14.3. The summed E-state index contributed by atoms with van der Waals surface area (Å²) in [5.41, 5.74) is -0.195. The van der Waals surface area contributed by atoms with Gasteiger partial charge in [-0.15, -0.1) is 0 Å². The Morgan fingerprint density at radius 2 is 1.83 bits per heavy atom. The van der Waals surface area contributed by atoms with Crippen molar-refractivity contribution in [2.45, 2.75) is 25.8 Å². The van der Waals surface area contributed by atoms with Crippen molar-refractivity contribution in [2.75, 3.05) is 46.3 Å². The summed E-state index contributed by atoms with van der Waals surface area (Å²) in [6.45, 7) is 7.33. The van der Waals surface area contributed by atoms with Gasteiger partial charge in [0.25, 0.3) is 5.56 Å². The summed E-state index contributed by atoms with van der Waals surface area (Å²) in [5, 5.41) is 0. The molecule has 3 heterocycles. The molecule has 0 unspecified atom stereocenters. The average molecular weight is 335 g/mol. The number of nitrogens with zero attached hydrogens (tertiary/aromatic N) is 3. The monoisotopic (exact) mass is 335 g/mol. The number of hydrogen-bond acceptors (Lipinski definition) is 5. The van der Waals surface area contributed by atoms with E-state index >= 15 is 0 Å². The molecule has 8 nitrogen and oxygen atoms in total. The van der Waals surface area contributed by atoms with E-state index in [1.807, 2.05) is 4.90 Å². The Morgan fingerprint density at radius 1 is 1.12 bits per heavy atom. The number of likely N-dealkylation sites (tertiary alicyclic amines) is 1. The first-order valence-corrected chi connectivity index (χ1v) is 8.46. The number of nitrogens with one attached hydrogen (secondary N) is 2. The van der Waals surface area contributed by atoms with Gasteiger partial charge in [0, 0.05) is 56.6 Å². The third-order valence-corrected chi connectivity index (χ3v) is 5.15. The number of likely N-dealkylation sites (N-methyl/N-ethyl adjacent to an activating group) is 1. The van der Waals surface area contributed by atoms with Gasteiger partial charge in [0.05, 0.1) is 6.42 Å². The number of carbonyl (C=O) groups is 1. The highest BCUT2D eigenvalue weighted by molar-refractivity contribution is 5.79. The molecule has 1 amide bonds. The summed E-state index contributed by atoms with van der Waals surface area (Å²) in [7, 11) is 2.13. The van der Waals surface area contributed by atoms with E-state index in [1.165, 1.54) is 0 Å². The van der Waals surface area contributed by atoms with Gasteiger partial charge in [0.15, 0.2) is 0 Å². The van der Waals surface area contributed by atoms with E-state index in [0.29, 0.717) is 17.3 Å². The van der Waals surface area contributed by atoms with Gasteiger partial charge in [-0.3, -0.25) is 19.5 Å². The van der Waals surface area contributed by atoms with Crippen LogP contribution in [0.15, 0.2) is 9.59 Å². The Hall–Kier alpha value is -1.93. The van der Waals surface area contributed by atoms with Crippen LogP contribution < -0.4 is 11.2 Å². The van der Waals surface area contributed by atoms with E-state index in [-0.39, 0.29) is 12.3 Å². The van der Waals surface area contributed by atoms with Gasteiger partial charge in [-0.05, 0) is 20.4 Å². The summed E-state index contributed by atoms with van der Waals surface area (Å²) in [4.78, 5) is 47.0. The Bertz CT molecular complexity index is 717. The van der Waals surface area contributed by atoms with E-state index < -0.39 is 11.2 Å². The molecule has 0 aliphatic carbocycles.